The number of amides is 2. The fourth-order valence-electron chi connectivity index (χ4n) is 2.94. The van der Waals surface area contributed by atoms with Crippen LogP contribution >= 0.6 is 0 Å². The molecule has 1 aliphatic heterocycles. The average Bonchev–Trinajstić information content (AvgIpc) is 2.67. The molecule has 2 amide bonds. The summed E-state index contributed by atoms with van der Waals surface area (Å²) >= 11 is 0. The zero-order chi connectivity index (χ0) is 17.6. The van der Waals surface area contributed by atoms with E-state index in [1.165, 1.54) is 0 Å². The SMILES string of the molecule is CC1CN(C(=O)C(NC(=O)c2ccccc2)c2ccccc2)CCO1. The van der Waals surface area contributed by atoms with Crippen molar-refractivity contribution in [2.45, 2.75) is 19.1 Å². The lowest BCUT2D eigenvalue weighted by Crippen LogP contribution is -2.49. The Morgan fingerprint density at radius 1 is 1.08 bits per heavy atom. The van der Waals surface area contributed by atoms with Crippen molar-refractivity contribution in [3.8, 4) is 0 Å². The lowest BCUT2D eigenvalue weighted by Gasteiger charge is -2.34. The van der Waals surface area contributed by atoms with Gasteiger partial charge < -0.3 is 15.0 Å². The van der Waals surface area contributed by atoms with Gasteiger partial charge in [-0.2, -0.15) is 0 Å². The van der Waals surface area contributed by atoms with Crippen LogP contribution in [-0.4, -0.2) is 42.5 Å². The van der Waals surface area contributed by atoms with E-state index in [1.54, 1.807) is 29.2 Å². The fraction of sp³-hybridized carbons (Fsp3) is 0.300. The highest BCUT2D eigenvalue weighted by Crippen LogP contribution is 2.18. The second-order valence-corrected chi connectivity index (χ2v) is 6.15. The van der Waals surface area contributed by atoms with E-state index in [0.29, 0.717) is 25.3 Å². The molecule has 2 aromatic carbocycles. The van der Waals surface area contributed by atoms with Crippen molar-refractivity contribution in [2.24, 2.45) is 0 Å². The summed E-state index contributed by atoms with van der Waals surface area (Å²) in [7, 11) is 0. The molecular formula is C20H22N2O3. The molecule has 1 heterocycles. The van der Waals surface area contributed by atoms with Crippen molar-refractivity contribution in [2.75, 3.05) is 19.7 Å². The molecule has 5 nitrogen and oxygen atoms in total. The zero-order valence-corrected chi connectivity index (χ0v) is 14.2. The van der Waals surface area contributed by atoms with Crippen molar-refractivity contribution in [1.82, 2.24) is 10.2 Å². The molecule has 1 fully saturated rings. The summed E-state index contributed by atoms with van der Waals surface area (Å²) in [6.45, 7) is 3.53. The van der Waals surface area contributed by atoms with Crippen molar-refractivity contribution < 1.29 is 14.3 Å². The fourth-order valence-corrected chi connectivity index (χ4v) is 2.94. The van der Waals surface area contributed by atoms with Gasteiger partial charge in [0.2, 0.25) is 5.91 Å². The Hall–Kier alpha value is -2.66. The smallest absolute Gasteiger partial charge is 0.252 e. The number of nitrogens with zero attached hydrogens (tertiary/aromatic N) is 1. The van der Waals surface area contributed by atoms with E-state index in [9.17, 15) is 9.59 Å². The molecule has 25 heavy (non-hydrogen) atoms. The molecular weight excluding hydrogens is 316 g/mol. The number of hydrogen-bond donors (Lipinski definition) is 1. The number of morpholine rings is 1. The molecule has 2 aromatic rings. The molecule has 0 radical (unpaired) electrons. The van der Waals surface area contributed by atoms with Crippen LogP contribution in [0.2, 0.25) is 0 Å². The normalized spacial score (nSPS) is 18.4. The number of carbonyl (C=O) groups excluding carboxylic acids is 2. The molecule has 0 saturated carbocycles. The first-order valence-electron chi connectivity index (χ1n) is 8.46. The van der Waals surface area contributed by atoms with Gasteiger partial charge in [0.1, 0.15) is 6.04 Å². The maximum Gasteiger partial charge on any atom is 0.252 e. The highest BCUT2D eigenvalue weighted by atomic mass is 16.5. The van der Waals surface area contributed by atoms with Crippen LogP contribution in [0.1, 0.15) is 28.9 Å². The van der Waals surface area contributed by atoms with Crippen LogP contribution in [0.15, 0.2) is 60.7 Å². The molecule has 2 atom stereocenters. The summed E-state index contributed by atoms with van der Waals surface area (Å²) < 4.78 is 5.51. The number of nitrogens with one attached hydrogen (secondary N) is 1. The maximum atomic E-state index is 13.1. The predicted molar refractivity (Wildman–Crippen MR) is 95.1 cm³/mol. The summed E-state index contributed by atoms with van der Waals surface area (Å²) in [4.78, 5) is 27.4. The molecule has 2 unspecified atom stereocenters. The third-order valence-corrected chi connectivity index (χ3v) is 4.24. The van der Waals surface area contributed by atoms with Crippen molar-refractivity contribution in [3.05, 3.63) is 71.8 Å². The molecule has 5 heteroatoms. The quantitative estimate of drug-likeness (QED) is 0.931. The molecule has 3 rings (SSSR count). The number of carbonyl (C=O) groups is 2. The van der Waals surface area contributed by atoms with E-state index in [1.807, 2.05) is 43.3 Å². The summed E-state index contributed by atoms with van der Waals surface area (Å²) in [5.41, 5.74) is 1.31. The van der Waals surface area contributed by atoms with Gasteiger partial charge in [-0.25, -0.2) is 0 Å². The van der Waals surface area contributed by atoms with E-state index in [4.69, 9.17) is 4.74 Å². The Morgan fingerprint density at radius 3 is 2.36 bits per heavy atom. The summed E-state index contributed by atoms with van der Waals surface area (Å²) in [6, 6.07) is 17.6. The Kier molecular flexibility index (Phi) is 5.46. The first kappa shape index (κ1) is 17.2. The van der Waals surface area contributed by atoms with Gasteiger partial charge in [-0.1, -0.05) is 48.5 Å². The van der Waals surface area contributed by atoms with E-state index >= 15 is 0 Å². The molecule has 1 N–H and O–H groups in total. The molecule has 0 bridgehead atoms. The molecule has 0 aromatic heterocycles. The topological polar surface area (TPSA) is 58.6 Å². The highest BCUT2D eigenvalue weighted by molar-refractivity contribution is 5.97. The molecule has 0 aliphatic carbocycles. The monoisotopic (exact) mass is 338 g/mol. The third-order valence-electron chi connectivity index (χ3n) is 4.24. The van der Waals surface area contributed by atoms with Gasteiger partial charge >= 0.3 is 0 Å². The molecule has 130 valence electrons. The van der Waals surface area contributed by atoms with Gasteiger partial charge in [-0.15, -0.1) is 0 Å². The molecule has 0 spiro atoms. The van der Waals surface area contributed by atoms with Crippen LogP contribution in [0.4, 0.5) is 0 Å². The van der Waals surface area contributed by atoms with Gasteiger partial charge in [-0.05, 0) is 24.6 Å². The Bertz CT molecular complexity index is 718. The zero-order valence-electron chi connectivity index (χ0n) is 14.2. The van der Waals surface area contributed by atoms with Gasteiger partial charge in [0.05, 0.1) is 12.7 Å². The summed E-state index contributed by atoms with van der Waals surface area (Å²) in [5, 5.41) is 2.89. The maximum absolute atomic E-state index is 13.1. The lowest BCUT2D eigenvalue weighted by molar-refractivity contribution is -0.140. The van der Waals surface area contributed by atoms with Crippen molar-refractivity contribution >= 4 is 11.8 Å². The number of rotatable bonds is 4. The van der Waals surface area contributed by atoms with Gasteiger partial charge in [0, 0.05) is 18.7 Å². The average molecular weight is 338 g/mol. The van der Waals surface area contributed by atoms with Crippen molar-refractivity contribution in [3.63, 3.8) is 0 Å². The van der Waals surface area contributed by atoms with Crippen LogP contribution < -0.4 is 5.32 Å². The van der Waals surface area contributed by atoms with E-state index in [-0.39, 0.29) is 17.9 Å². The Balaban J connectivity index is 1.83. The second-order valence-electron chi connectivity index (χ2n) is 6.15. The van der Waals surface area contributed by atoms with Crippen LogP contribution in [0.5, 0.6) is 0 Å². The first-order chi connectivity index (χ1) is 12.1. The Morgan fingerprint density at radius 2 is 1.72 bits per heavy atom. The number of benzene rings is 2. The number of hydrogen-bond acceptors (Lipinski definition) is 3. The van der Waals surface area contributed by atoms with E-state index < -0.39 is 6.04 Å². The Labute approximate surface area is 147 Å². The van der Waals surface area contributed by atoms with Crippen LogP contribution in [-0.2, 0) is 9.53 Å². The summed E-state index contributed by atoms with van der Waals surface area (Å²) in [6.07, 6.45) is -0.000974. The number of ether oxygens (including phenoxy) is 1. The molecule has 1 aliphatic rings. The van der Waals surface area contributed by atoms with E-state index in [0.717, 1.165) is 5.56 Å². The highest BCUT2D eigenvalue weighted by Gasteiger charge is 2.30. The third kappa shape index (κ3) is 4.25. The molecule has 1 saturated heterocycles. The second kappa shape index (κ2) is 7.94. The first-order valence-corrected chi connectivity index (χ1v) is 8.46. The standard InChI is InChI=1S/C20H22N2O3/c1-15-14-22(12-13-25-15)20(24)18(16-8-4-2-5-9-16)21-19(23)17-10-6-3-7-11-17/h2-11,15,18H,12-14H2,1H3,(H,21,23). The summed E-state index contributed by atoms with van der Waals surface area (Å²) in [5.74, 6) is -0.366. The largest absolute Gasteiger partial charge is 0.375 e. The van der Waals surface area contributed by atoms with Gasteiger partial charge in [-0.3, -0.25) is 9.59 Å². The van der Waals surface area contributed by atoms with Crippen LogP contribution in [0.25, 0.3) is 0 Å². The van der Waals surface area contributed by atoms with E-state index in [2.05, 4.69) is 5.32 Å². The minimum absolute atomic E-state index is 0.000974. The van der Waals surface area contributed by atoms with Gasteiger partial charge in [0.25, 0.3) is 5.91 Å². The minimum atomic E-state index is -0.709. The predicted octanol–water partition coefficient (Wildman–Crippen LogP) is 2.41. The van der Waals surface area contributed by atoms with Crippen molar-refractivity contribution in [1.29, 1.82) is 0 Å². The van der Waals surface area contributed by atoms with Crippen LogP contribution in [0.3, 0.4) is 0 Å². The minimum Gasteiger partial charge on any atom is -0.375 e. The van der Waals surface area contributed by atoms with Gasteiger partial charge in [0.15, 0.2) is 0 Å². The van der Waals surface area contributed by atoms with Crippen LogP contribution in [0, 0.1) is 0 Å². The lowest BCUT2D eigenvalue weighted by atomic mass is 10.0.